The lowest BCUT2D eigenvalue weighted by Crippen LogP contribution is -2.49. The van der Waals surface area contributed by atoms with E-state index in [1.807, 2.05) is 29.4 Å². The molecule has 23 heavy (non-hydrogen) atoms. The average molecular weight is 336 g/mol. The molecule has 0 unspecified atom stereocenters. The predicted molar refractivity (Wildman–Crippen MR) is 92.7 cm³/mol. The van der Waals surface area contributed by atoms with Crippen LogP contribution in [0.25, 0.3) is 0 Å². The number of ether oxygens (including phenoxy) is 1. The average Bonchev–Trinajstić information content (AvgIpc) is 3.11. The van der Waals surface area contributed by atoms with Gasteiger partial charge in [0, 0.05) is 13.1 Å². The third kappa shape index (κ3) is 5.78. The molecule has 2 rings (SSSR count). The van der Waals surface area contributed by atoms with E-state index in [0.717, 1.165) is 31.7 Å². The number of para-hydroxylation sites is 1. The van der Waals surface area contributed by atoms with Crippen molar-refractivity contribution in [3.05, 3.63) is 30.3 Å². The number of amides is 2. The van der Waals surface area contributed by atoms with Gasteiger partial charge in [0.05, 0.1) is 0 Å². The number of benzene rings is 1. The molecule has 126 valence electrons. The van der Waals surface area contributed by atoms with Gasteiger partial charge in [-0.3, -0.25) is 9.59 Å². The smallest absolute Gasteiger partial charge is 0.258 e. The first-order chi connectivity index (χ1) is 11.2. The Hall–Kier alpha value is -1.69. The van der Waals surface area contributed by atoms with Crippen LogP contribution in [0.2, 0.25) is 0 Å². The van der Waals surface area contributed by atoms with E-state index >= 15 is 0 Å². The van der Waals surface area contributed by atoms with E-state index in [2.05, 4.69) is 5.32 Å². The first kappa shape index (κ1) is 17.7. The van der Waals surface area contributed by atoms with Crippen molar-refractivity contribution in [1.82, 2.24) is 10.2 Å². The van der Waals surface area contributed by atoms with Crippen molar-refractivity contribution in [3.63, 3.8) is 0 Å². The zero-order chi connectivity index (χ0) is 16.5. The molecule has 1 N–H and O–H groups in total. The molecule has 0 aromatic heterocycles. The molecule has 0 saturated carbocycles. The lowest BCUT2D eigenvalue weighted by Gasteiger charge is -2.24. The zero-order valence-electron chi connectivity index (χ0n) is 13.5. The van der Waals surface area contributed by atoms with Crippen LogP contribution in [0.1, 0.15) is 19.3 Å². The van der Waals surface area contributed by atoms with E-state index in [0.29, 0.717) is 12.2 Å². The summed E-state index contributed by atoms with van der Waals surface area (Å²) in [6, 6.07) is 8.74. The molecule has 0 bridgehead atoms. The van der Waals surface area contributed by atoms with Crippen LogP contribution in [0.4, 0.5) is 0 Å². The molecule has 1 aromatic carbocycles. The quantitative estimate of drug-likeness (QED) is 0.788. The standard InChI is InChI=1S/C17H24N2O3S/c1-23-12-9-15(17(21)19-10-5-6-11-19)18-16(20)13-22-14-7-3-2-4-8-14/h2-4,7-8,15H,5-6,9-13H2,1H3,(H,18,20)/t15-/m0/s1. The van der Waals surface area contributed by atoms with Gasteiger partial charge in [-0.1, -0.05) is 18.2 Å². The van der Waals surface area contributed by atoms with Crippen LogP contribution in [0.3, 0.4) is 0 Å². The van der Waals surface area contributed by atoms with Crippen LogP contribution >= 0.6 is 11.8 Å². The molecular weight excluding hydrogens is 312 g/mol. The van der Waals surface area contributed by atoms with E-state index in [1.54, 1.807) is 23.9 Å². The minimum absolute atomic E-state index is 0.0320. The highest BCUT2D eigenvalue weighted by Gasteiger charge is 2.27. The summed E-state index contributed by atoms with van der Waals surface area (Å²) in [4.78, 5) is 26.5. The Balaban J connectivity index is 1.85. The van der Waals surface area contributed by atoms with Crippen molar-refractivity contribution in [1.29, 1.82) is 0 Å². The van der Waals surface area contributed by atoms with Gasteiger partial charge in [-0.15, -0.1) is 0 Å². The van der Waals surface area contributed by atoms with Crippen LogP contribution in [-0.4, -0.2) is 54.5 Å². The normalized spacial score (nSPS) is 15.3. The van der Waals surface area contributed by atoms with E-state index in [4.69, 9.17) is 4.74 Å². The van der Waals surface area contributed by atoms with Crippen LogP contribution in [-0.2, 0) is 9.59 Å². The summed E-state index contributed by atoms with van der Waals surface area (Å²) < 4.78 is 5.44. The molecule has 6 heteroatoms. The highest BCUT2D eigenvalue weighted by atomic mass is 32.2. The Labute approximate surface area is 141 Å². The lowest BCUT2D eigenvalue weighted by atomic mass is 10.2. The number of nitrogens with zero attached hydrogens (tertiary/aromatic N) is 1. The molecule has 1 aromatic rings. The lowest BCUT2D eigenvalue weighted by molar-refractivity contribution is -0.136. The number of carbonyl (C=O) groups is 2. The monoisotopic (exact) mass is 336 g/mol. The first-order valence-electron chi connectivity index (χ1n) is 7.95. The second-order valence-electron chi connectivity index (χ2n) is 5.54. The largest absolute Gasteiger partial charge is 0.484 e. The van der Waals surface area contributed by atoms with E-state index in [9.17, 15) is 9.59 Å². The SMILES string of the molecule is CSCC[C@H](NC(=O)COc1ccccc1)C(=O)N1CCCC1. The number of likely N-dealkylation sites (tertiary alicyclic amines) is 1. The topological polar surface area (TPSA) is 58.6 Å². The van der Waals surface area contributed by atoms with Crippen molar-refractivity contribution in [2.75, 3.05) is 31.7 Å². The van der Waals surface area contributed by atoms with Gasteiger partial charge in [0.15, 0.2) is 6.61 Å². The number of rotatable bonds is 8. The summed E-state index contributed by atoms with van der Waals surface area (Å²) in [6.07, 6.45) is 4.74. The van der Waals surface area contributed by atoms with E-state index in [-0.39, 0.29) is 18.4 Å². The van der Waals surface area contributed by atoms with Crippen molar-refractivity contribution in [3.8, 4) is 5.75 Å². The van der Waals surface area contributed by atoms with Crippen molar-refractivity contribution in [2.24, 2.45) is 0 Å². The minimum atomic E-state index is -0.451. The molecule has 1 fully saturated rings. The summed E-state index contributed by atoms with van der Waals surface area (Å²) in [5.74, 6) is 1.26. The molecule has 1 aliphatic heterocycles. The van der Waals surface area contributed by atoms with E-state index in [1.165, 1.54) is 0 Å². The first-order valence-corrected chi connectivity index (χ1v) is 9.35. The van der Waals surface area contributed by atoms with Crippen LogP contribution < -0.4 is 10.1 Å². The van der Waals surface area contributed by atoms with Gasteiger partial charge in [0.25, 0.3) is 5.91 Å². The van der Waals surface area contributed by atoms with Gasteiger partial charge in [-0.05, 0) is 43.4 Å². The van der Waals surface area contributed by atoms with Gasteiger partial charge >= 0.3 is 0 Å². The van der Waals surface area contributed by atoms with Gasteiger partial charge < -0.3 is 15.0 Å². The fraction of sp³-hybridized carbons (Fsp3) is 0.529. The molecule has 0 radical (unpaired) electrons. The Morgan fingerprint density at radius 1 is 1.26 bits per heavy atom. The van der Waals surface area contributed by atoms with Crippen molar-refractivity contribution in [2.45, 2.75) is 25.3 Å². The number of nitrogens with one attached hydrogen (secondary N) is 1. The summed E-state index contributed by atoms with van der Waals surface area (Å²) in [5, 5.41) is 2.83. The Morgan fingerprint density at radius 2 is 1.96 bits per heavy atom. The third-order valence-corrected chi connectivity index (χ3v) is 4.42. The fourth-order valence-corrected chi connectivity index (χ4v) is 3.02. The third-order valence-electron chi connectivity index (χ3n) is 3.77. The maximum Gasteiger partial charge on any atom is 0.258 e. The van der Waals surface area contributed by atoms with Gasteiger partial charge in [0.2, 0.25) is 5.91 Å². The zero-order valence-corrected chi connectivity index (χ0v) is 14.3. The maximum absolute atomic E-state index is 12.5. The molecule has 1 heterocycles. The number of hydrogen-bond donors (Lipinski definition) is 1. The molecule has 1 aliphatic rings. The summed E-state index contributed by atoms with van der Waals surface area (Å²) in [6.45, 7) is 1.52. The molecular formula is C17H24N2O3S. The molecule has 5 nitrogen and oxygen atoms in total. The van der Waals surface area contributed by atoms with Crippen molar-refractivity contribution >= 4 is 23.6 Å². The highest BCUT2D eigenvalue weighted by molar-refractivity contribution is 7.98. The van der Waals surface area contributed by atoms with Crippen LogP contribution in [0.5, 0.6) is 5.75 Å². The number of thioether (sulfide) groups is 1. The van der Waals surface area contributed by atoms with Crippen LogP contribution in [0.15, 0.2) is 30.3 Å². The predicted octanol–water partition coefficient (Wildman–Crippen LogP) is 1.93. The molecule has 0 spiro atoms. The summed E-state index contributed by atoms with van der Waals surface area (Å²) in [5.41, 5.74) is 0. The Morgan fingerprint density at radius 3 is 2.61 bits per heavy atom. The molecule has 2 amide bonds. The molecule has 1 atom stereocenters. The highest BCUT2D eigenvalue weighted by Crippen LogP contribution is 2.12. The van der Waals surface area contributed by atoms with Crippen LogP contribution in [0, 0.1) is 0 Å². The van der Waals surface area contributed by atoms with Gasteiger partial charge in [-0.25, -0.2) is 0 Å². The Kier molecular flexibility index (Phi) is 7.26. The second-order valence-corrected chi connectivity index (χ2v) is 6.52. The van der Waals surface area contributed by atoms with E-state index < -0.39 is 6.04 Å². The van der Waals surface area contributed by atoms with Crippen molar-refractivity contribution < 1.29 is 14.3 Å². The number of hydrogen-bond acceptors (Lipinski definition) is 4. The van der Waals surface area contributed by atoms with Gasteiger partial charge in [0.1, 0.15) is 11.8 Å². The summed E-state index contributed by atoms with van der Waals surface area (Å²) in [7, 11) is 0. The molecule has 0 aliphatic carbocycles. The Bertz CT molecular complexity index is 504. The summed E-state index contributed by atoms with van der Waals surface area (Å²) >= 11 is 1.67. The second kappa shape index (κ2) is 9.45. The number of carbonyl (C=O) groups excluding carboxylic acids is 2. The van der Waals surface area contributed by atoms with Gasteiger partial charge in [-0.2, -0.15) is 11.8 Å². The minimum Gasteiger partial charge on any atom is -0.484 e. The maximum atomic E-state index is 12.5. The fourth-order valence-electron chi connectivity index (χ4n) is 2.55. The molecule has 1 saturated heterocycles.